The number of aryl methyl sites for hydroxylation is 1. The average Bonchev–Trinajstić information content (AvgIpc) is 3.01. The minimum atomic E-state index is -0.691. The Morgan fingerprint density at radius 3 is 2.55 bits per heavy atom. The fourth-order valence-corrected chi connectivity index (χ4v) is 3.70. The molecule has 8 heteroatoms. The highest BCUT2D eigenvalue weighted by Gasteiger charge is 2.22. The first-order chi connectivity index (χ1) is 13.9. The van der Waals surface area contributed by atoms with Crippen LogP contribution < -0.4 is 5.62 Å². The number of halogens is 1. The lowest BCUT2D eigenvalue weighted by molar-refractivity contribution is 0.658. The van der Waals surface area contributed by atoms with Crippen molar-refractivity contribution in [1.29, 1.82) is 10.5 Å². The highest BCUT2D eigenvalue weighted by molar-refractivity contribution is 9.10. The van der Waals surface area contributed by atoms with Crippen LogP contribution in [0.25, 0.3) is 27.6 Å². The van der Waals surface area contributed by atoms with Gasteiger partial charge in [-0.1, -0.05) is 15.9 Å². The molecule has 3 heterocycles. The molecule has 4 aromatic rings. The number of imidazole rings is 1. The summed E-state index contributed by atoms with van der Waals surface area (Å²) in [5.74, 6) is 0. The van der Waals surface area contributed by atoms with Gasteiger partial charge in [-0.2, -0.15) is 10.5 Å². The lowest BCUT2D eigenvalue weighted by atomic mass is 9.91. The van der Waals surface area contributed by atoms with Crippen molar-refractivity contribution < 1.29 is 0 Å². The SMILES string of the molecule is Cn1c(=NC#N)n(-c2ccc(C(C)(C)C#N)nc2)c2c3cc(Br)ccc3ncc21. The van der Waals surface area contributed by atoms with E-state index < -0.39 is 5.41 Å². The topological polar surface area (TPSA) is 95.6 Å². The number of hydrogen-bond donors (Lipinski definition) is 0. The molecule has 0 radical (unpaired) electrons. The van der Waals surface area contributed by atoms with Crippen LogP contribution in [0.15, 0.2) is 52.2 Å². The molecule has 0 aliphatic carbocycles. The van der Waals surface area contributed by atoms with E-state index in [-0.39, 0.29) is 0 Å². The molecule has 0 unspecified atom stereocenters. The molecule has 0 aliphatic rings. The van der Waals surface area contributed by atoms with Crippen LogP contribution >= 0.6 is 15.9 Å². The van der Waals surface area contributed by atoms with Gasteiger partial charge in [0.05, 0.1) is 51.8 Å². The highest BCUT2D eigenvalue weighted by atomic mass is 79.9. The molecular weight excluding hydrogens is 430 g/mol. The number of fused-ring (bicyclic) bond motifs is 3. The number of hydrogen-bond acceptors (Lipinski definition) is 5. The van der Waals surface area contributed by atoms with Crippen LogP contribution in [0.2, 0.25) is 0 Å². The molecule has 0 amide bonds. The van der Waals surface area contributed by atoms with Gasteiger partial charge in [-0.3, -0.25) is 14.5 Å². The van der Waals surface area contributed by atoms with Crippen molar-refractivity contribution in [1.82, 2.24) is 19.1 Å². The van der Waals surface area contributed by atoms with E-state index in [1.54, 1.807) is 12.4 Å². The van der Waals surface area contributed by atoms with Gasteiger partial charge in [-0.25, -0.2) is 0 Å². The third-order valence-electron chi connectivity index (χ3n) is 4.94. The lowest BCUT2D eigenvalue weighted by Crippen LogP contribution is -2.23. The van der Waals surface area contributed by atoms with Gasteiger partial charge in [0, 0.05) is 16.9 Å². The van der Waals surface area contributed by atoms with Crippen LogP contribution in [0.3, 0.4) is 0 Å². The summed E-state index contributed by atoms with van der Waals surface area (Å²) < 4.78 is 4.65. The summed E-state index contributed by atoms with van der Waals surface area (Å²) in [6.45, 7) is 3.65. The van der Waals surface area contributed by atoms with Gasteiger partial charge in [-0.05, 0) is 44.2 Å². The smallest absolute Gasteiger partial charge is 0.226 e. The molecule has 142 valence electrons. The zero-order valence-electron chi connectivity index (χ0n) is 16.0. The van der Waals surface area contributed by atoms with Crippen molar-refractivity contribution in [2.75, 3.05) is 0 Å². The summed E-state index contributed by atoms with van der Waals surface area (Å²) in [7, 11) is 1.85. The zero-order chi connectivity index (χ0) is 20.8. The van der Waals surface area contributed by atoms with Crippen molar-refractivity contribution >= 4 is 37.9 Å². The molecule has 29 heavy (non-hydrogen) atoms. The lowest BCUT2D eigenvalue weighted by Gasteiger charge is -2.15. The van der Waals surface area contributed by atoms with Gasteiger partial charge in [0.1, 0.15) is 0 Å². The Kier molecular flexibility index (Phi) is 4.45. The molecule has 0 aliphatic heterocycles. The third-order valence-corrected chi connectivity index (χ3v) is 5.44. The van der Waals surface area contributed by atoms with Gasteiger partial charge in [-0.15, -0.1) is 4.99 Å². The van der Waals surface area contributed by atoms with Crippen LogP contribution in [0, 0.1) is 22.8 Å². The van der Waals surface area contributed by atoms with Crippen LogP contribution in [0.1, 0.15) is 19.5 Å². The predicted molar refractivity (Wildman–Crippen MR) is 113 cm³/mol. The van der Waals surface area contributed by atoms with Crippen LogP contribution in [0.5, 0.6) is 0 Å². The molecule has 0 bridgehead atoms. The molecule has 0 fully saturated rings. The molecule has 0 saturated carbocycles. The normalized spacial score (nSPS) is 12.3. The Morgan fingerprint density at radius 2 is 1.90 bits per heavy atom. The number of aromatic nitrogens is 4. The summed E-state index contributed by atoms with van der Waals surface area (Å²) in [6.07, 6.45) is 5.37. The van der Waals surface area contributed by atoms with E-state index in [2.05, 4.69) is 37.0 Å². The number of nitrogens with zero attached hydrogens (tertiary/aromatic N) is 7. The Hall–Kier alpha value is -3.49. The van der Waals surface area contributed by atoms with E-state index in [1.165, 1.54) is 0 Å². The maximum absolute atomic E-state index is 9.38. The Balaban J connectivity index is 2.12. The monoisotopic (exact) mass is 445 g/mol. The maximum Gasteiger partial charge on any atom is 0.226 e. The van der Waals surface area contributed by atoms with Gasteiger partial charge in [0.15, 0.2) is 0 Å². The van der Waals surface area contributed by atoms with E-state index in [0.717, 1.165) is 32.1 Å². The summed E-state index contributed by atoms with van der Waals surface area (Å²) in [5, 5.41) is 19.6. The molecule has 0 spiro atoms. The van der Waals surface area contributed by atoms with Crippen molar-refractivity contribution in [2.45, 2.75) is 19.3 Å². The second-order valence-corrected chi connectivity index (χ2v) is 8.11. The second kappa shape index (κ2) is 6.84. The molecule has 1 aromatic carbocycles. The molecular formula is C21H16BrN7. The Morgan fingerprint density at radius 1 is 1.10 bits per heavy atom. The quantitative estimate of drug-likeness (QED) is 0.437. The van der Waals surface area contributed by atoms with E-state index in [9.17, 15) is 10.5 Å². The fraction of sp³-hybridized carbons (Fsp3) is 0.190. The van der Waals surface area contributed by atoms with Crippen molar-refractivity contribution in [3.8, 4) is 17.9 Å². The van der Waals surface area contributed by atoms with Gasteiger partial charge >= 0.3 is 0 Å². The standard InChI is InChI=1S/C21H16BrN7/c1-21(2,11-23)18-7-5-14(9-26-18)29-19-15-8-13(22)4-6-16(15)25-10-17(19)28(3)20(29)27-12-24/h4-10H,1-3H3. The van der Waals surface area contributed by atoms with Crippen LogP contribution in [0.4, 0.5) is 0 Å². The van der Waals surface area contributed by atoms with E-state index >= 15 is 0 Å². The van der Waals surface area contributed by atoms with Crippen molar-refractivity contribution in [3.05, 3.63) is 58.5 Å². The van der Waals surface area contributed by atoms with E-state index in [0.29, 0.717) is 11.3 Å². The molecule has 0 N–H and O–H groups in total. The summed E-state index contributed by atoms with van der Waals surface area (Å²) in [5.41, 5.74) is 3.74. The molecule has 0 saturated heterocycles. The van der Waals surface area contributed by atoms with Gasteiger partial charge in [0.2, 0.25) is 11.8 Å². The van der Waals surface area contributed by atoms with Crippen LogP contribution in [-0.4, -0.2) is 19.1 Å². The Labute approximate surface area is 175 Å². The molecule has 7 nitrogen and oxygen atoms in total. The largest absolute Gasteiger partial charge is 0.311 e. The first-order valence-corrected chi connectivity index (χ1v) is 9.63. The minimum Gasteiger partial charge on any atom is -0.311 e. The fourth-order valence-electron chi connectivity index (χ4n) is 3.34. The first-order valence-electron chi connectivity index (χ1n) is 8.84. The number of nitriles is 2. The first kappa shape index (κ1) is 18.9. The van der Waals surface area contributed by atoms with Gasteiger partial charge in [0.25, 0.3) is 0 Å². The molecule has 4 rings (SSSR count). The summed E-state index contributed by atoms with van der Waals surface area (Å²) in [6, 6.07) is 11.9. The number of pyridine rings is 2. The van der Waals surface area contributed by atoms with E-state index in [4.69, 9.17) is 0 Å². The minimum absolute atomic E-state index is 0.464. The summed E-state index contributed by atoms with van der Waals surface area (Å²) >= 11 is 3.53. The second-order valence-electron chi connectivity index (χ2n) is 7.20. The van der Waals surface area contributed by atoms with Crippen LogP contribution in [-0.2, 0) is 12.5 Å². The van der Waals surface area contributed by atoms with Crippen molar-refractivity contribution in [2.24, 2.45) is 12.0 Å². The Bertz CT molecular complexity index is 1410. The zero-order valence-corrected chi connectivity index (χ0v) is 17.6. The maximum atomic E-state index is 9.38. The average molecular weight is 446 g/mol. The molecule has 3 aromatic heterocycles. The van der Waals surface area contributed by atoms with Gasteiger partial charge < -0.3 is 4.57 Å². The predicted octanol–water partition coefficient (Wildman–Crippen LogP) is 3.86. The molecule has 0 atom stereocenters. The van der Waals surface area contributed by atoms with Crippen molar-refractivity contribution in [3.63, 3.8) is 0 Å². The number of benzene rings is 1. The summed E-state index contributed by atoms with van der Waals surface area (Å²) in [4.78, 5) is 13.1. The number of rotatable bonds is 2. The van der Waals surface area contributed by atoms with E-state index in [1.807, 2.05) is 66.6 Å². The third kappa shape index (κ3) is 2.98. The highest BCUT2D eigenvalue weighted by Crippen LogP contribution is 2.28.